The summed E-state index contributed by atoms with van der Waals surface area (Å²) in [6.07, 6.45) is 8.39. The maximum absolute atomic E-state index is 12.0. The molecule has 272 valence electrons. The summed E-state index contributed by atoms with van der Waals surface area (Å²) in [6.45, 7) is 5.49. The van der Waals surface area contributed by atoms with Gasteiger partial charge in [-0.2, -0.15) is 16.8 Å². The van der Waals surface area contributed by atoms with Crippen LogP contribution < -0.4 is 21.8 Å². The van der Waals surface area contributed by atoms with Crippen LogP contribution in [0.15, 0.2) is 4.99 Å². The maximum atomic E-state index is 12.0. The minimum Gasteiger partial charge on any atom is -0.481 e. The third kappa shape index (κ3) is 13.5. The van der Waals surface area contributed by atoms with Gasteiger partial charge in [0.15, 0.2) is 5.96 Å². The largest absolute Gasteiger partial charge is 0.481 e. The molecular weight excluding hydrogens is 644 g/mol. The second-order valence-corrected chi connectivity index (χ2v) is 14.0. The lowest BCUT2D eigenvalue weighted by Crippen LogP contribution is -2.54. The van der Waals surface area contributed by atoms with Gasteiger partial charge < -0.3 is 35.7 Å². The molecule has 15 nitrogen and oxygen atoms in total. The number of hydrazine groups is 1. The smallest absolute Gasteiger partial charge is 0.303 e. The van der Waals surface area contributed by atoms with E-state index in [4.69, 9.17) is 25.1 Å². The average Bonchev–Trinajstić information content (AvgIpc) is 3.62. The minimum atomic E-state index is -0.751. The average molecular weight is 699 g/mol. The van der Waals surface area contributed by atoms with Gasteiger partial charge in [0, 0.05) is 55.8 Å². The van der Waals surface area contributed by atoms with Gasteiger partial charge in [0.2, 0.25) is 23.6 Å². The molecule has 4 atom stereocenters. The highest BCUT2D eigenvalue weighted by atomic mass is 32.2. The number of imide groups is 1. The van der Waals surface area contributed by atoms with Crippen molar-refractivity contribution < 1.29 is 43.3 Å². The summed E-state index contributed by atoms with van der Waals surface area (Å²) in [4.78, 5) is 62.4. The molecule has 3 heterocycles. The molecule has 0 aromatic carbocycles. The van der Waals surface area contributed by atoms with Gasteiger partial charge in [0.1, 0.15) is 0 Å². The Bertz CT molecular complexity index is 1100. The Morgan fingerprint density at radius 2 is 1.48 bits per heavy atom. The van der Waals surface area contributed by atoms with E-state index < -0.39 is 5.97 Å². The fourth-order valence-corrected chi connectivity index (χ4v) is 8.12. The number of carboxylic acid groups (broad SMARTS) is 1. The number of guanidine groups is 1. The lowest BCUT2D eigenvalue weighted by atomic mass is 9.85. The number of fused-ring (bicyclic) bond motifs is 1. The number of amides is 4. The van der Waals surface area contributed by atoms with Gasteiger partial charge in [0.25, 0.3) is 0 Å². The molecule has 0 saturated carbocycles. The topological polar surface area (TPSA) is 211 Å². The molecule has 3 rings (SSSR count). The maximum Gasteiger partial charge on any atom is 0.303 e. The number of ether oxygens (including phenoxy) is 3. The van der Waals surface area contributed by atoms with Crippen molar-refractivity contribution in [2.75, 3.05) is 46.2 Å². The number of hydrogen-bond acceptors (Lipinski definition) is 12. The highest BCUT2D eigenvalue weighted by Crippen LogP contribution is 2.48. The summed E-state index contributed by atoms with van der Waals surface area (Å²) >= 11 is 1.94. The van der Waals surface area contributed by atoms with E-state index in [9.17, 15) is 24.0 Å². The van der Waals surface area contributed by atoms with E-state index in [1.54, 1.807) is 0 Å². The van der Waals surface area contributed by atoms with Crippen molar-refractivity contribution in [3.05, 3.63) is 0 Å². The molecule has 0 aromatic heterocycles. The number of unbranched alkanes of at least 4 members (excludes halogenated alkanes) is 4. The van der Waals surface area contributed by atoms with E-state index in [0.717, 1.165) is 43.5 Å². The van der Waals surface area contributed by atoms with E-state index in [-0.39, 0.29) is 60.9 Å². The zero-order valence-corrected chi connectivity index (χ0v) is 29.0. The van der Waals surface area contributed by atoms with Crippen molar-refractivity contribution in [1.29, 1.82) is 0 Å². The molecule has 0 aromatic rings. The van der Waals surface area contributed by atoms with Gasteiger partial charge in [-0.25, -0.2) is 4.99 Å². The van der Waals surface area contributed by atoms with E-state index in [2.05, 4.69) is 28.0 Å². The molecule has 2 fully saturated rings. The SMILES string of the molecule is C[C@]12NC(N)=N[C@H]1C(CCCOCCOCCOCCNC(=O)CCCCCCC(=O)NN1C(=O)CCC1=O)S[C@H]2CCCCC(=O)O. The monoisotopic (exact) mass is 698 g/mol. The first-order chi connectivity index (χ1) is 23.1. The molecule has 16 heteroatoms. The summed E-state index contributed by atoms with van der Waals surface area (Å²) in [5, 5.41) is 16.6. The Labute approximate surface area is 287 Å². The first-order valence-corrected chi connectivity index (χ1v) is 18.2. The van der Waals surface area contributed by atoms with Crippen LogP contribution in [0.4, 0.5) is 0 Å². The molecule has 1 unspecified atom stereocenters. The van der Waals surface area contributed by atoms with Gasteiger partial charge in [-0.1, -0.05) is 19.3 Å². The highest BCUT2D eigenvalue weighted by molar-refractivity contribution is 8.01. The van der Waals surface area contributed by atoms with E-state index in [0.29, 0.717) is 88.3 Å². The lowest BCUT2D eigenvalue weighted by Gasteiger charge is -2.30. The van der Waals surface area contributed by atoms with E-state index >= 15 is 0 Å². The summed E-state index contributed by atoms with van der Waals surface area (Å²) in [5.74, 6) is -1.40. The molecule has 3 aliphatic rings. The molecular formula is C32H54N6O9S. The number of thioether (sulfide) groups is 1. The first-order valence-electron chi connectivity index (χ1n) is 17.2. The van der Waals surface area contributed by atoms with Gasteiger partial charge in [-0.3, -0.25) is 29.4 Å². The zero-order valence-electron chi connectivity index (χ0n) is 28.2. The highest BCUT2D eigenvalue weighted by Gasteiger charge is 2.55. The predicted molar refractivity (Wildman–Crippen MR) is 180 cm³/mol. The molecule has 0 radical (unpaired) electrons. The Morgan fingerprint density at radius 1 is 0.875 bits per heavy atom. The lowest BCUT2D eigenvalue weighted by molar-refractivity contribution is -0.147. The number of rotatable bonds is 26. The van der Waals surface area contributed by atoms with Crippen molar-refractivity contribution in [3.8, 4) is 0 Å². The second-order valence-electron chi connectivity index (χ2n) is 12.6. The molecule has 48 heavy (non-hydrogen) atoms. The normalized spacial score (nSPS) is 23.2. The van der Waals surface area contributed by atoms with Gasteiger partial charge in [0.05, 0.1) is 44.6 Å². The van der Waals surface area contributed by atoms with Gasteiger partial charge >= 0.3 is 5.97 Å². The number of hydrogen-bond donors (Lipinski definition) is 5. The fraction of sp³-hybridized carbons (Fsp3) is 0.812. The standard InChI is InChI=1S/C32H54N6O9S/c1-32-24(10-6-7-13-29(43)44)48-23(30(32)35-31(33)36-32)9-8-17-45-19-21-47-22-20-46-18-16-34-25(39)11-4-2-3-5-12-26(40)37-38-27(41)14-15-28(38)42/h23-24,30H,2-22H2,1H3,(H,34,39)(H,37,40)(H,43,44)(H3,33,35,36)/t23?,24-,30-,32+/m0/s1. The third-order valence-corrected chi connectivity index (χ3v) is 10.6. The third-order valence-electron chi connectivity index (χ3n) is 8.69. The number of carboxylic acids is 1. The summed E-state index contributed by atoms with van der Waals surface area (Å²) in [5.41, 5.74) is 8.19. The number of nitrogens with zero attached hydrogens (tertiary/aromatic N) is 2. The van der Waals surface area contributed by atoms with Crippen LogP contribution in [-0.4, -0.2) is 114 Å². The Kier molecular flexibility index (Phi) is 17.4. The van der Waals surface area contributed by atoms with Crippen LogP contribution in [0.5, 0.6) is 0 Å². The molecule has 6 N–H and O–H groups in total. The summed E-state index contributed by atoms with van der Waals surface area (Å²) < 4.78 is 16.8. The van der Waals surface area contributed by atoms with Crippen molar-refractivity contribution in [2.24, 2.45) is 10.7 Å². The van der Waals surface area contributed by atoms with Crippen LogP contribution in [-0.2, 0) is 38.2 Å². The number of aliphatic carboxylic acids is 1. The molecule has 3 aliphatic heterocycles. The fourth-order valence-electron chi connectivity index (χ4n) is 6.12. The molecule has 0 aliphatic carbocycles. The quantitative estimate of drug-likeness (QED) is 0.0645. The van der Waals surface area contributed by atoms with Gasteiger partial charge in [-0.05, 0) is 45.4 Å². The minimum absolute atomic E-state index is 0.0408. The van der Waals surface area contributed by atoms with Crippen LogP contribution >= 0.6 is 11.8 Å². The van der Waals surface area contributed by atoms with Crippen LogP contribution in [0.3, 0.4) is 0 Å². The number of carbonyl (C=O) groups excluding carboxylic acids is 4. The summed E-state index contributed by atoms with van der Waals surface area (Å²) in [6, 6.07) is 0.109. The molecule has 0 bridgehead atoms. The van der Waals surface area contributed by atoms with Crippen LogP contribution in [0.25, 0.3) is 0 Å². The van der Waals surface area contributed by atoms with E-state index in [1.165, 1.54) is 0 Å². The van der Waals surface area contributed by atoms with Crippen LogP contribution in [0.1, 0.15) is 96.8 Å². The molecule has 0 spiro atoms. The Hall–Kier alpha value is -2.95. The zero-order chi connectivity index (χ0) is 34.8. The Morgan fingerprint density at radius 3 is 2.15 bits per heavy atom. The Balaban J connectivity index is 1.08. The first kappa shape index (κ1) is 39.5. The van der Waals surface area contributed by atoms with Crippen molar-refractivity contribution >= 4 is 47.3 Å². The van der Waals surface area contributed by atoms with E-state index in [1.807, 2.05) is 11.8 Å². The van der Waals surface area contributed by atoms with Crippen molar-refractivity contribution in [2.45, 2.75) is 119 Å². The number of aliphatic imine (C=N–C) groups is 1. The molecule has 2 saturated heterocycles. The second kappa shape index (κ2) is 21.2. The number of carbonyl (C=O) groups is 5. The predicted octanol–water partition coefficient (Wildman–Crippen LogP) is 1.63. The van der Waals surface area contributed by atoms with Crippen molar-refractivity contribution in [1.82, 2.24) is 21.1 Å². The van der Waals surface area contributed by atoms with Crippen LogP contribution in [0.2, 0.25) is 0 Å². The van der Waals surface area contributed by atoms with Crippen molar-refractivity contribution in [3.63, 3.8) is 0 Å². The van der Waals surface area contributed by atoms with Gasteiger partial charge in [-0.15, -0.1) is 0 Å². The summed E-state index contributed by atoms with van der Waals surface area (Å²) in [7, 11) is 0. The number of nitrogens with one attached hydrogen (secondary N) is 3. The number of nitrogens with two attached hydrogens (primary N) is 1. The molecule has 4 amide bonds. The van der Waals surface area contributed by atoms with Crippen LogP contribution in [0, 0.1) is 0 Å².